The van der Waals surface area contributed by atoms with Gasteiger partial charge in [0, 0.05) is 25.0 Å². The molecule has 0 amide bonds. The van der Waals surface area contributed by atoms with Crippen molar-refractivity contribution in [2.24, 2.45) is 0 Å². The van der Waals surface area contributed by atoms with E-state index < -0.39 is 4.92 Å². The fourth-order valence-electron chi connectivity index (χ4n) is 2.06. The topological polar surface area (TPSA) is 85.9 Å². The number of hydrogen-bond donors (Lipinski definition) is 1. The van der Waals surface area contributed by atoms with Gasteiger partial charge >= 0.3 is 0 Å². The summed E-state index contributed by atoms with van der Waals surface area (Å²) in [6.45, 7) is 0.353. The lowest BCUT2D eigenvalue weighted by Gasteiger charge is -2.08. The third-order valence-corrected chi connectivity index (χ3v) is 3.23. The average Bonchev–Trinajstić information content (AvgIpc) is 3.07. The largest absolute Gasteiger partial charge is 0.366 e. The van der Waals surface area contributed by atoms with E-state index >= 15 is 0 Å². The first-order valence-corrected chi connectivity index (χ1v) is 6.74. The van der Waals surface area contributed by atoms with Gasteiger partial charge in [-0.3, -0.25) is 10.1 Å². The molecular weight excluding hydrogens is 301 g/mol. The Kier molecular flexibility index (Phi) is 3.96. The normalized spacial score (nSPS) is 10.5. The van der Waals surface area contributed by atoms with Crippen molar-refractivity contribution in [1.82, 2.24) is 14.5 Å². The molecule has 2 heterocycles. The van der Waals surface area contributed by atoms with E-state index in [9.17, 15) is 14.5 Å². The summed E-state index contributed by atoms with van der Waals surface area (Å²) in [7, 11) is 0. The maximum atomic E-state index is 14.1. The molecule has 0 atom stereocenters. The predicted molar refractivity (Wildman–Crippen MR) is 81.7 cm³/mol. The molecule has 2 aromatic heterocycles. The van der Waals surface area contributed by atoms with Crippen LogP contribution < -0.4 is 5.32 Å². The molecule has 7 nitrogen and oxygen atoms in total. The molecule has 0 saturated carbocycles. The zero-order chi connectivity index (χ0) is 16.2. The van der Waals surface area contributed by atoms with Gasteiger partial charge in [0.1, 0.15) is 17.8 Å². The van der Waals surface area contributed by atoms with Gasteiger partial charge in [-0.25, -0.2) is 14.4 Å². The van der Waals surface area contributed by atoms with E-state index in [-0.39, 0.29) is 11.5 Å². The van der Waals surface area contributed by atoms with Crippen LogP contribution >= 0.6 is 0 Å². The minimum Gasteiger partial charge on any atom is -0.366 e. The summed E-state index contributed by atoms with van der Waals surface area (Å²) in [4.78, 5) is 17.9. The molecule has 0 unspecified atom stereocenters. The van der Waals surface area contributed by atoms with Crippen LogP contribution in [0.15, 0.2) is 55.2 Å². The second kappa shape index (κ2) is 6.22. The van der Waals surface area contributed by atoms with Crippen molar-refractivity contribution in [2.75, 3.05) is 5.32 Å². The number of nitrogens with one attached hydrogen (secondary N) is 1. The molecule has 0 aliphatic carbocycles. The lowest BCUT2D eigenvalue weighted by molar-refractivity contribution is -0.385. The molecule has 1 N–H and O–H groups in total. The fraction of sp³-hybridized carbons (Fsp3) is 0.0667. The fourth-order valence-corrected chi connectivity index (χ4v) is 2.06. The van der Waals surface area contributed by atoms with Gasteiger partial charge < -0.3 is 9.88 Å². The average molecular weight is 313 g/mol. The molecule has 0 spiro atoms. The Balaban J connectivity index is 1.69. The number of pyridine rings is 1. The summed E-state index contributed by atoms with van der Waals surface area (Å²) < 4.78 is 15.7. The Morgan fingerprint density at radius 1 is 1.30 bits per heavy atom. The summed E-state index contributed by atoms with van der Waals surface area (Å²) in [6.07, 6.45) is 5.94. The molecule has 0 fully saturated rings. The van der Waals surface area contributed by atoms with Gasteiger partial charge in [-0.2, -0.15) is 0 Å². The number of aromatic nitrogens is 3. The number of nitro groups is 1. The van der Waals surface area contributed by atoms with E-state index in [1.54, 1.807) is 29.1 Å². The van der Waals surface area contributed by atoms with Crippen molar-refractivity contribution in [3.05, 3.63) is 76.7 Å². The Morgan fingerprint density at radius 3 is 2.78 bits per heavy atom. The van der Waals surface area contributed by atoms with Crippen LogP contribution in [0.3, 0.4) is 0 Å². The standard InChI is InChI=1S/C15H12FN5O2/c16-13-7-11(1-3-14(13)20-6-5-17-10-20)8-18-15-4-2-12(9-19-15)21(22)23/h1-7,9-10H,8H2,(H,18,19). The Morgan fingerprint density at radius 2 is 2.17 bits per heavy atom. The second-order valence-corrected chi connectivity index (χ2v) is 4.77. The molecule has 116 valence electrons. The quantitative estimate of drug-likeness (QED) is 0.578. The number of anilines is 1. The molecule has 23 heavy (non-hydrogen) atoms. The van der Waals surface area contributed by atoms with Crippen LogP contribution in [-0.2, 0) is 6.54 Å². The number of halogens is 1. The third-order valence-electron chi connectivity index (χ3n) is 3.23. The van der Waals surface area contributed by atoms with Crippen molar-refractivity contribution < 1.29 is 9.31 Å². The molecule has 0 radical (unpaired) electrons. The minimum atomic E-state index is -0.513. The molecule has 8 heteroatoms. The van der Waals surface area contributed by atoms with Crippen LogP contribution in [0.2, 0.25) is 0 Å². The monoisotopic (exact) mass is 313 g/mol. The van der Waals surface area contributed by atoms with Crippen LogP contribution in [-0.4, -0.2) is 19.5 Å². The van der Waals surface area contributed by atoms with Crippen LogP contribution in [0.1, 0.15) is 5.56 Å². The lowest BCUT2D eigenvalue weighted by atomic mass is 10.2. The Bertz CT molecular complexity index is 818. The number of nitrogens with zero attached hydrogens (tertiary/aromatic N) is 4. The highest BCUT2D eigenvalue weighted by atomic mass is 19.1. The van der Waals surface area contributed by atoms with Gasteiger partial charge in [-0.05, 0) is 23.8 Å². The summed E-state index contributed by atoms with van der Waals surface area (Å²) in [5.74, 6) is 0.119. The Hall–Kier alpha value is -3.29. The van der Waals surface area contributed by atoms with Crippen molar-refractivity contribution in [2.45, 2.75) is 6.54 Å². The van der Waals surface area contributed by atoms with E-state index in [1.807, 2.05) is 0 Å². The van der Waals surface area contributed by atoms with Gasteiger partial charge in [0.05, 0.1) is 16.9 Å². The van der Waals surface area contributed by atoms with E-state index in [0.717, 1.165) is 5.56 Å². The van der Waals surface area contributed by atoms with Crippen LogP contribution in [0.4, 0.5) is 15.9 Å². The van der Waals surface area contributed by atoms with E-state index in [2.05, 4.69) is 15.3 Å². The smallest absolute Gasteiger partial charge is 0.287 e. The third kappa shape index (κ3) is 3.31. The zero-order valence-corrected chi connectivity index (χ0v) is 11.9. The first kappa shape index (κ1) is 14.6. The molecule has 0 aliphatic heterocycles. The minimum absolute atomic E-state index is 0.0775. The van der Waals surface area contributed by atoms with E-state index in [4.69, 9.17) is 0 Å². The molecule has 0 saturated heterocycles. The van der Waals surface area contributed by atoms with Crippen molar-refractivity contribution in [1.29, 1.82) is 0 Å². The number of hydrogen-bond acceptors (Lipinski definition) is 5. The molecule has 1 aromatic carbocycles. The Labute approximate surface area is 130 Å². The first-order chi connectivity index (χ1) is 11.1. The highest BCUT2D eigenvalue weighted by Crippen LogP contribution is 2.17. The van der Waals surface area contributed by atoms with Gasteiger partial charge in [-0.1, -0.05) is 6.07 Å². The number of rotatable bonds is 5. The summed E-state index contributed by atoms with van der Waals surface area (Å²) in [5, 5.41) is 13.5. The lowest BCUT2D eigenvalue weighted by Crippen LogP contribution is -2.03. The van der Waals surface area contributed by atoms with Crippen molar-refractivity contribution in [3.63, 3.8) is 0 Å². The SMILES string of the molecule is O=[N+]([O-])c1ccc(NCc2ccc(-n3ccnc3)c(F)c2)nc1. The van der Waals surface area contributed by atoms with Crippen molar-refractivity contribution in [3.8, 4) is 5.69 Å². The van der Waals surface area contributed by atoms with Gasteiger partial charge in [-0.15, -0.1) is 0 Å². The highest BCUT2D eigenvalue weighted by molar-refractivity contribution is 5.42. The second-order valence-electron chi connectivity index (χ2n) is 4.77. The van der Waals surface area contributed by atoms with E-state index in [1.165, 1.54) is 30.7 Å². The molecule has 0 bridgehead atoms. The van der Waals surface area contributed by atoms with Crippen LogP contribution in [0, 0.1) is 15.9 Å². The van der Waals surface area contributed by atoms with Gasteiger partial charge in [0.25, 0.3) is 5.69 Å². The van der Waals surface area contributed by atoms with Gasteiger partial charge in [0.15, 0.2) is 0 Å². The van der Waals surface area contributed by atoms with Crippen LogP contribution in [0.25, 0.3) is 5.69 Å². The highest BCUT2D eigenvalue weighted by Gasteiger charge is 2.07. The maximum absolute atomic E-state index is 14.1. The van der Waals surface area contributed by atoms with Crippen molar-refractivity contribution >= 4 is 11.5 Å². The summed E-state index contributed by atoms with van der Waals surface area (Å²) in [5.41, 5.74) is 1.07. The summed E-state index contributed by atoms with van der Waals surface area (Å²) in [6, 6.07) is 7.74. The predicted octanol–water partition coefficient (Wildman–Crippen LogP) is 2.93. The van der Waals surface area contributed by atoms with Gasteiger partial charge in [0.2, 0.25) is 0 Å². The molecule has 0 aliphatic rings. The number of benzene rings is 1. The van der Waals surface area contributed by atoms with Crippen LogP contribution in [0.5, 0.6) is 0 Å². The molecular formula is C15H12FN5O2. The molecule has 3 aromatic rings. The first-order valence-electron chi connectivity index (χ1n) is 6.74. The molecule has 3 rings (SSSR count). The van der Waals surface area contributed by atoms with E-state index in [0.29, 0.717) is 18.1 Å². The number of imidazole rings is 1. The summed E-state index contributed by atoms with van der Waals surface area (Å²) >= 11 is 0. The maximum Gasteiger partial charge on any atom is 0.287 e. The zero-order valence-electron chi connectivity index (χ0n) is 11.9.